The van der Waals surface area contributed by atoms with Crippen LogP contribution in [0.2, 0.25) is 0 Å². The molecule has 0 bridgehead atoms. The van der Waals surface area contributed by atoms with E-state index < -0.39 is 0 Å². The van der Waals surface area contributed by atoms with Gasteiger partial charge in [-0.05, 0) is 56.7 Å². The highest BCUT2D eigenvalue weighted by Gasteiger charge is 2.24. The Morgan fingerprint density at radius 2 is 1.94 bits per heavy atom. The standard InChI is InChI=1S/C13H21N3OS/c1-2-10(5-9-18-8-1)12-15-13(17-16-12)11-3-6-14-7-4-11/h10-11,14H,1-9H2/t10-/m1/s1. The van der Waals surface area contributed by atoms with E-state index in [2.05, 4.69) is 27.2 Å². The second-order valence-corrected chi connectivity index (χ2v) is 6.48. The largest absolute Gasteiger partial charge is 0.339 e. The lowest BCUT2D eigenvalue weighted by atomic mass is 9.97. The average Bonchev–Trinajstić information content (AvgIpc) is 2.76. The summed E-state index contributed by atoms with van der Waals surface area (Å²) in [6.07, 6.45) is 5.96. The molecule has 3 rings (SSSR count). The summed E-state index contributed by atoms with van der Waals surface area (Å²) in [6, 6.07) is 0. The number of aromatic nitrogens is 2. The number of nitrogens with one attached hydrogen (secondary N) is 1. The molecule has 0 aliphatic carbocycles. The number of thioether (sulfide) groups is 1. The zero-order chi connectivity index (χ0) is 12.2. The van der Waals surface area contributed by atoms with Crippen LogP contribution in [0.4, 0.5) is 0 Å². The van der Waals surface area contributed by atoms with Crippen LogP contribution >= 0.6 is 11.8 Å². The number of hydrogen-bond acceptors (Lipinski definition) is 5. The van der Waals surface area contributed by atoms with Crippen molar-refractivity contribution in [2.45, 2.75) is 43.9 Å². The Kier molecular flexibility index (Phi) is 4.20. The van der Waals surface area contributed by atoms with Crippen LogP contribution in [0.5, 0.6) is 0 Å². The Bertz CT molecular complexity index is 368. The van der Waals surface area contributed by atoms with Crippen LogP contribution < -0.4 is 5.32 Å². The molecule has 18 heavy (non-hydrogen) atoms. The molecule has 0 spiro atoms. The van der Waals surface area contributed by atoms with E-state index in [1.807, 2.05) is 0 Å². The van der Waals surface area contributed by atoms with Gasteiger partial charge in [0.25, 0.3) is 0 Å². The zero-order valence-corrected chi connectivity index (χ0v) is 11.5. The third-order valence-corrected chi connectivity index (χ3v) is 5.06. The molecule has 2 aliphatic heterocycles. The summed E-state index contributed by atoms with van der Waals surface area (Å²) in [5.74, 6) is 5.37. The van der Waals surface area contributed by atoms with Gasteiger partial charge in [-0.2, -0.15) is 16.7 Å². The molecule has 5 heteroatoms. The van der Waals surface area contributed by atoms with Crippen molar-refractivity contribution in [3.63, 3.8) is 0 Å². The maximum atomic E-state index is 5.50. The van der Waals surface area contributed by atoms with Gasteiger partial charge in [-0.3, -0.25) is 0 Å². The van der Waals surface area contributed by atoms with E-state index in [0.29, 0.717) is 11.8 Å². The third-order valence-electron chi connectivity index (χ3n) is 3.96. The number of rotatable bonds is 2. The second kappa shape index (κ2) is 6.06. The Morgan fingerprint density at radius 1 is 1.06 bits per heavy atom. The molecule has 0 aromatic carbocycles. The van der Waals surface area contributed by atoms with E-state index in [4.69, 9.17) is 4.52 Å². The van der Waals surface area contributed by atoms with E-state index in [1.165, 1.54) is 30.8 Å². The normalized spacial score (nSPS) is 27.0. The second-order valence-electron chi connectivity index (χ2n) is 5.26. The van der Waals surface area contributed by atoms with Crippen LogP contribution in [-0.4, -0.2) is 34.7 Å². The maximum Gasteiger partial charge on any atom is 0.229 e. The number of nitrogens with zero attached hydrogens (tertiary/aromatic N) is 2. The lowest BCUT2D eigenvalue weighted by Crippen LogP contribution is -2.26. The molecule has 3 heterocycles. The maximum absolute atomic E-state index is 5.50. The van der Waals surface area contributed by atoms with Crippen LogP contribution in [0.1, 0.15) is 55.7 Å². The van der Waals surface area contributed by atoms with Crippen LogP contribution in [0, 0.1) is 0 Å². The Balaban J connectivity index is 1.67. The summed E-state index contributed by atoms with van der Waals surface area (Å²) in [6.45, 7) is 2.14. The van der Waals surface area contributed by atoms with Crippen LogP contribution in [0.25, 0.3) is 0 Å². The molecule has 2 aliphatic rings. The van der Waals surface area contributed by atoms with Gasteiger partial charge in [0.2, 0.25) is 5.89 Å². The van der Waals surface area contributed by atoms with Gasteiger partial charge in [0.15, 0.2) is 5.82 Å². The molecule has 1 atom stereocenters. The fourth-order valence-electron chi connectivity index (χ4n) is 2.81. The lowest BCUT2D eigenvalue weighted by molar-refractivity contribution is 0.316. The summed E-state index contributed by atoms with van der Waals surface area (Å²) < 4.78 is 5.50. The van der Waals surface area contributed by atoms with Gasteiger partial charge in [-0.1, -0.05) is 5.16 Å². The molecular formula is C13H21N3OS. The average molecular weight is 267 g/mol. The van der Waals surface area contributed by atoms with Crippen molar-refractivity contribution in [3.8, 4) is 0 Å². The van der Waals surface area contributed by atoms with Crippen molar-refractivity contribution in [2.75, 3.05) is 24.6 Å². The summed E-state index contributed by atoms with van der Waals surface area (Å²) >= 11 is 2.05. The fraction of sp³-hybridized carbons (Fsp3) is 0.846. The van der Waals surface area contributed by atoms with Crippen molar-refractivity contribution in [2.24, 2.45) is 0 Å². The minimum absolute atomic E-state index is 0.479. The first-order chi connectivity index (χ1) is 8.93. The molecule has 2 fully saturated rings. The molecule has 1 N–H and O–H groups in total. The minimum atomic E-state index is 0.479. The molecular weight excluding hydrogens is 246 g/mol. The predicted octanol–water partition coefficient (Wildman–Crippen LogP) is 2.54. The summed E-state index contributed by atoms with van der Waals surface area (Å²) in [7, 11) is 0. The van der Waals surface area contributed by atoms with E-state index in [-0.39, 0.29) is 0 Å². The van der Waals surface area contributed by atoms with Crippen LogP contribution in [-0.2, 0) is 0 Å². The Labute approximate surface area is 112 Å². The van der Waals surface area contributed by atoms with Crippen molar-refractivity contribution in [3.05, 3.63) is 11.7 Å². The molecule has 2 saturated heterocycles. The molecule has 100 valence electrons. The molecule has 4 nitrogen and oxygen atoms in total. The molecule has 0 radical (unpaired) electrons. The monoisotopic (exact) mass is 267 g/mol. The van der Waals surface area contributed by atoms with E-state index in [1.54, 1.807) is 0 Å². The first-order valence-corrected chi connectivity index (χ1v) is 8.21. The van der Waals surface area contributed by atoms with E-state index in [0.717, 1.165) is 37.6 Å². The zero-order valence-electron chi connectivity index (χ0n) is 10.7. The fourth-order valence-corrected chi connectivity index (χ4v) is 3.84. The highest BCUT2D eigenvalue weighted by molar-refractivity contribution is 7.99. The van der Waals surface area contributed by atoms with Gasteiger partial charge < -0.3 is 9.84 Å². The molecule has 0 saturated carbocycles. The first-order valence-electron chi connectivity index (χ1n) is 7.05. The summed E-state index contributed by atoms with van der Waals surface area (Å²) in [5, 5.41) is 7.61. The number of piperidine rings is 1. The Hall–Kier alpha value is -0.550. The smallest absolute Gasteiger partial charge is 0.229 e. The van der Waals surface area contributed by atoms with Gasteiger partial charge in [0.05, 0.1) is 0 Å². The Morgan fingerprint density at radius 3 is 2.83 bits per heavy atom. The predicted molar refractivity (Wildman–Crippen MR) is 73.1 cm³/mol. The van der Waals surface area contributed by atoms with Gasteiger partial charge in [-0.15, -0.1) is 0 Å². The first kappa shape index (κ1) is 12.5. The molecule has 0 unspecified atom stereocenters. The van der Waals surface area contributed by atoms with Crippen LogP contribution in [0.15, 0.2) is 4.52 Å². The number of hydrogen-bond donors (Lipinski definition) is 1. The van der Waals surface area contributed by atoms with Crippen molar-refractivity contribution < 1.29 is 4.52 Å². The highest BCUT2D eigenvalue weighted by atomic mass is 32.2. The summed E-state index contributed by atoms with van der Waals surface area (Å²) in [4.78, 5) is 4.68. The van der Waals surface area contributed by atoms with E-state index in [9.17, 15) is 0 Å². The van der Waals surface area contributed by atoms with E-state index >= 15 is 0 Å². The minimum Gasteiger partial charge on any atom is -0.339 e. The molecule has 1 aromatic heterocycles. The van der Waals surface area contributed by atoms with Gasteiger partial charge >= 0.3 is 0 Å². The van der Waals surface area contributed by atoms with Crippen molar-refractivity contribution in [1.29, 1.82) is 0 Å². The van der Waals surface area contributed by atoms with Crippen molar-refractivity contribution >= 4 is 11.8 Å². The third kappa shape index (κ3) is 2.88. The molecule has 0 amide bonds. The lowest BCUT2D eigenvalue weighted by Gasteiger charge is -2.18. The van der Waals surface area contributed by atoms with Gasteiger partial charge in [0, 0.05) is 11.8 Å². The highest BCUT2D eigenvalue weighted by Crippen LogP contribution is 2.31. The quantitative estimate of drug-likeness (QED) is 0.892. The summed E-state index contributed by atoms with van der Waals surface area (Å²) in [5.41, 5.74) is 0. The van der Waals surface area contributed by atoms with Gasteiger partial charge in [-0.25, -0.2) is 0 Å². The van der Waals surface area contributed by atoms with Gasteiger partial charge in [0.1, 0.15) is 0 Å². The van der Waals surface area contributed by atoms with Crippen molar-refractivity contribution in [1.82, 2.24) is 15.5 Å². The molecule has 1 aromatic rings. The topological polar surface area (TPSA) is 51.0 Å². The SMILES string of the molecule is C1CSCC[C@H](c2noc(C3CCNCC3)n2)C1. The van der Waals surface area contributed by atoms with Crippen LogP contribution in [0.3, 0.4) is 0 Å².